The van der Waals surface area contributed by atoms with Gasteiger partial charge in [-0.05, 0) is 197 Å². The highest BCUT2D eigenvalue weighted by atomic mass is 19.1. The Hall–Kier alpha value is -8.34. The summed E-state index contributed by atoms with van der Waals surface area (Å²) in [5.74, 6) is 0.263. The fourth-order valence-corrected chi connectivity index (χ4v) is 12.0. The van der Waals surface area contributed by atoms with Crippen LogP contribution in [-0.4, -0.2) is 0 Å². The molecule has 0 atom stereocenters. The molecule has 4 heteroatoms. The minimum Gasteiger partial charge on any atom is -0.310 e. The molecule has 0 amide bonds. The van der Waals surface area contributed by atoms with Gasteiger partial charge in [-0.15, -0.1) is 0 Å². The van der Waals surface area contributed by atoms with Crippen LogP contribution in [0.25, 0.3) is 54.6 Å². The van der Waals surface area contributed by atoms with Crippen molar-refractivity contribution in [2.45, 2.75) is 44.9 Å². The number of rotatable bonds is 8. The smallest absolute Gasteiger partial charge is 0.123 e. The molecule has 11 aromatic carbocycles. The first-order chi connectivity index (χ1) is 34.7. The number of benzene rings is 11. The van der Waals surface area contributed by atoms with E-state index in [1.807, 2.05) is 24.3 Å². The maximum atomic E-state index is 14.5. The molecule has 0 fully saturated rings. The van der Waals surface area contributed by atoms with Gasteiger partial charge in [-0.25, -0.2) is 8.78 Å². The third-order valence-corrected chi connectivity index (χ3v) is 15.3. The van der Waals surface area contributed by atoms with Gasteiger partial charge in [-0.2, -0.15) is 0 Å². The normalized spacial score (nSPS) is 13.0. The largest absolute Gasteiger partial charge is 0.310 e. The molecule has 13 rings (SSSR count). The summed E-state index contributed by atoms with van der Waals surface area (Å²) in [4.78, 5) is 4.46. The molecule has 2 aliphatic carbocycles. The highest BCUT2D eigenvalue weighted by Gasteiger charge is 2.53. The molecule has 2 aliphatic rings. The van der Waals surface area contributed by atoms with Gasteiger partial charge in [0.15, 0.2) is 0 Å². The predicted molar refractivity (Wildman–Crippen MR) is 293 cm³/mol. The molecule has 0 saturated carbocycles. The summed E-state index contributed by atoms with van der Waals surface area (Å²) in [5.41, 5.74) is 17.7. The van der Waals surface area contributed by atoms with Gasteiger partial charge in [0.2, 0.25) is 0 Å². The van der Waals surface area contributed by atoms with Crippen molar-refractivity contribution in [3.8, 4) is 22.3 Å². The van der Waals surface area contributed by atoms with Crippen LogP contribution in [-0.2, 0) is 5.41 Å². The van der Waals surface area contributed by atoms with Crippen LogP contribution in [0.15, 0.2) is 218 Å². The summed E-state index contributed by atoms with van der Waals surface area (Å²) in [6.45, 7) is 8.84. The molecular weight excluding hydrogens is 871 g/mol. The molecule has 2 nitrogen and oxygen atoms in total. The van der Waals surface area contributed by atoms with E-state index in [2.05, 4.69) is 207 Å². The topological polar surface area (TPSA) is 6.48 Å². The van der Waals surface area contributed by atoms with Crippen molar-refractivity contribution in [1.82, 2.24) is 0 Å². The van der Waals surface area contributed by atoms with Crippen LogP contribution in [0.3, 0.4) is 0 Å². The first kappa shape index (κ1) is 42.7. The fourth-order valence-electron chi connectivity index (χ4n) is 12.0. The van der Waals surface area contributed by atoms with E-state index in [1.165, 1.54) is 101 Å². The monoisotopic (exact) mass is 920 g/mol. The van der Waals surface area contributed by atoms with Gasteiger partial charge in [0, 0.05) is 34.1 Å². The Morgan fingerprint density at radius 2 is 0.761 bits per heavy atom. The molecule has 0 saturated heterocycles. The molecule has 0 unspecified atom stereocenters. The van der Waals surface area contributed by atoms with E-state index in [-0.39, 0.29) is 11.6 Å². The summed E-state index contributed by atoms with van der Waals surface area (Å²) < 4.78 is 29.0. The second-order valence-electron chi connectivity index (χ2n) is 19.9. The minimum atomic E-state index is -0.671. The van der Waals surface area contributed by atoms with Gasteiger partial charge < -0.3 is 9.80 Å². The van der Waals surface area contributed by atoms with Crippen LogP contribution in [0.1, 0.15) is 72.9 Å². The van der Waals surface area contributed by atoms with Gasteiger partial charge in [0.05, 0.1) is 5.41 Å². The van der Waals surface area contributed by atoms with E-state index in [9.17, 15) is 8.78 Å². The molecule has 71 heavy (non-hydrogen) atoms. The Kier molecular flexibility index (Phi) is 9.87. The SMILES string of the molecule is CC(C)c1ccc(N(c2ccc(F)cc2)c2ccc3c4c(ccc3c2)-c2ccc3cc(N(c5ccc(F)cc5)c5ccc(C(C)C)cc5)ccc3c2C42c3ccccc3-c3c2ccc2ccccc32)cc1. The van der Waals surface area contributed by atoms with E-state index in [4.69, 9.17) is 0 Å². The molecule has 0 N–H and O–H groups in total. The Balaban J connectivity index is 1.06. The van der Waals surface area contributed by atoms with Crippen LogP contribution in [0.4, 0.5) is 42.9 Å². The van der Waals surface area contributed by atoms with Crippen LogP contribution in [0.2, 0.25) is 0 Å². The quantitative estimate of drug-likeness (QED) is 0.150. The van der Waals surface area contributed by atoms with Crippen molar-refractivity contribution >= 4 is 66.4 Å². The first-order valence-electron chi connectivity index (χ1n) is 24.8. The lowest BCUT2D eigenvalue weighted by molar-refractivity contribution is 0.627. The van der Waals surface area contributed by atoms with Crippen LogP contribution in [0, 0.1) is 11.6 Å². The number of nitrogens with zero attached hydrogens (tertiary/aromatic N) is 2. The van der Waals surface area contributed by atoms with Crippen LogP contribution < -0.4 is 9.80 Å². The number of fused-ring (bicyclic) bond motifs is 16. The van der Waals surface area contributed by atoms with Gasteiger partial charge >= 0.3 is 0 Å². The Labute approximate surface area is 413 Å². The zero-order chi connectivity index (χ0) is 48.1. The molecule has 0 heterocycles. The lowest BCUT2D eigenvalue weighted by atomic mass is 9.68. The second kappa shape index (κ2) is 16.4. The lowest BCUT2D eigenvalue weighted by Gasteiger charge is -2.33. The van der Waals surface area contributed by atoms with E-state index >= 15 is 0 Å². The molecule has 0 bridgehead atoms. The molecule has 1 spiro atoms. The van der Waals surface area contributed by atoms with Crippen molar-refractivity contribution in [3.63, 3.8) is 0 Å². The van der Waals surface area contributed by atoms with E-state index in [0.29, 0.717) is 11.8 Å². The van der Waals surface area contributed by atoms with E-state index < -0.39 is 5.41 Å². The minimum absolute atomic E-state index is 0.266. The Morgan fingerprint density at radius 3 is 1.25 bits per heavy atom. The zero-order valence-corrected chi connectivity index (χ0v) is 40.1. The third-order valence-electron chi connectivity index (χ3n) is 15.3. The molecule has 11 aromatic rings. The number of halogens is 2. The standard InChI is InChI=1S/C67H50F2N2/c1-41(2)43-13-24-50(25-14-43)70(52-28-20-48(68)21-29-52)54-32-36-57-46(39-54)17-34-59-60-35-18-47-40-55(71(53-30-22-49(69)23-31-53)51-26-15-44(16-27-51)42(3)4)33-37-58(47)66(60)67(65(57)59)62-12-8-7-11-61(62)64-56-10-6-5-9-45(56)19-38-63(64)67/h5-42H,1-4H3. The summed E-state index contributed by atoms with van der Waals surface area (Å²) >= 11 is 0. The fraction of sp³-hybridized carbons (Fsp3) is 0.104. The van der Waals surface area contributed by atoms with E-state index in [0.717, 1.165) is 44.9 Å². The first-order valence-corrected chi connectivity index (χ1v) is 24.8. The van der Waals surface area contributed by atoms with Crippen molar-refractivity contribution in [1.29, 1.82) is 0 Å². The average molecular weight is 921 g/mol. The van der Waals surface area contributed by atoms with Crippen molar-refractivity contribution in [2.24, 2.45) is 0 Å². The van der Waals surface area contributed by atoms with Crippen molar-refractivity contribution in [3.05, 3.63) is 263 Å². The van der Waals surface area contributed by atoms with Gasteiger partial charge in [-0.1, -0.05) is 149 Å². The maximum absolute atomic E-state index is 14.5. The van der Waals surface area contributed by atoms with Gasteiger partial charge in [0.25, 0.3) is 0 Å². The Bertz CT molecular complexity index is 3700. The third kappa shape index (κ3) is 6.58. The summed E-state index contributed by atoms with van der Waals surface area (Å²) in [6.07, 6.45) is 0. The lowest BCUT2D eigenvalue weighted by Crippen LogP contribution is -2.26. The molecule has 0 aliphatic heterocycles. The molecular formula is C67H50F2N2. The second-order valence-corrected chi connectivity index (χ2v) is 19.9. The number of hydrogen-bond acceptors (Lipinski definition) is 2. The summed E-state index contributed by atoms with van der Waals surface area (Å²) in [6, 6.07) is 76.6. The number of hydrogen-bond donors (Lipinski definition) is 0. The molecule has 342 valence electrons. The molecule has 0 radical (unpaired) electrons. The Morgan fingerprint density at radius 1 is 0.338 bits per heavy atom. The molecule has 0 aromatic heterocycles. The van der Waals surface area contributed by atoms with Crippen LogP contribution >= 0.6 is 0 Å². The van der Waals surface area contributed by atoms with Gasteiger partial charge in [-0.3, -0.25) is 0 Å². The van der Waals surface area contributed by atoms with Crippen molar-refractivity contribution < 1.29 is 8.78 Å². The predicted octanol–water partition coefficient (Wildman–Crippen LogP) is 19.0. The van der Waals surface area contributed by atoms with Gasteiger partial charge in [0.1, 0.15) is 11.6 Å². The summed E-state index contributed by atoms with van der Waals surface area (Å²) in [7, 11) is 0. The van der Waals surface area contributed by atoms with Crippen molar-refractivity contribution in [2.75, 3.05) is 9.80 Å². The highest BCUT2D eigenvalue weighted by Crippen LogP contribution is 2.66. The maximum Gasteiger partial charge on any atom is 0.123 e. The average Bonchev–Trinajstić information content (AvgIpc) is 3.88. The number of anilines is 6. The zero-order valence-electron chi connectivity index (χ0n) is 40.1. The van der Waals surface area contributed by atoms with Crippen LogP contribution in [0.5, 0.6) is 0 Å². The van der Waals surface area contributed by atoms with E-state index in [1.54, 1.807) is 0 Å². The summed E-state index contributed by atoms with van der Waals surface area (Å²) in [5, 5.41) is 7.07. The highest BCUT2D eigenvalue weighted by molar-refractivity contribution is 6.13.